The fraction of sp³-hybridized carbons (Fsp3) is 0.778. The minimum absolute atomic E-state index is 0.0506. The van der Waals surface area contributed by atoms with E-state index in [1.165, 1.54) is 12.2 Å². The zero-order chi connectivity index (χ0) is 17.7. The van der Waals surface area contributed by atoms with Gasteiger partial charge in [-0.1, -0.05) is 33.6 Å². The molecule has 0 aromatic carbocycles. The summed E-state index contributed by atoms with van der Waals surface area (Å²) < 4.78 is 11.6. The Morgan fingerprint density at radius 1 is 1.09 bits per heavy atom. The molecule has 1 aliphatic heterocycles. The number of esters is 1. The smallest absolute Gasteiger partial charge is 0.331 e. The van der Waals surface area contributed by atoms with Gasteiger partial charge in [-0.25, -0.2) is 4.79 Å². The van der Waals surface area contributed by atoms with E-state index in [1.54, 1.807) is 0 Å². The van der Waals surface area contributed by atoms with E-state index in [0.717, 1.165) is 32.1 Å². The molecule has 2 atom stereocenters. The van der Waals surface area contributed by atoms with Gasteiger partial charge in [-0.15, -0.1) is 0 Å². The summed E-state index contributed by atoms with van der Waals surface area (Å²) >= 11 is 0. The monoisotopic (exact) mass is 340 g/mol. The first-order valence-electron chi connectivity index (χ1n) is 8.63. The van der Waals surface area contributed by atoms with Crippen LogP contribution < -0.4 is 0 Å². The second kappa shape index (κ2) is 8.24. The van der Waals surface area contributed by atoms with Crippen molar-refractivity contribution >= 4 is 20.1 Å². The fourth-order valence-electron chi connectivity index (χ4n) is 2.28. The van der Waals surface area contributed by atoms with Crippen LogP contribution in [0.3, 0.4) is 0 Å². The Hall–Kier alpha value is -0.943. The molecule has 1 rings (SSSR count). The van der Waals surface area contributed by atoms with Gasteiger partial charge in [-0.3, -0.25) is 4.79 Å². The number of ketones is 1. The Morgan fingerprint density at radius 2 is 1.70 bits per heavy atom. The van der Waals surface area contributed by atoms with Crippen molar-refractivity contribution in [1.29, 1.82) is 0 Å². The average Bonchev–Trinajstić information content (AvgIpc) is 2.40. The third kappa shape index (κ3) is 6.59. The molecule has 1 aliphatic rings. The first-order chi connectivity index (χ1) is 10.5. The van der Waals surface area contributed by atoms with Gasteiger partial charge in [-0.05, 0) is 50.4 Å². The SMILES string of the molecule is C[C@@H]1CCCCC[C@@H](O[Si](C)(C)C(C)(C)C)C(=O)/C=C/C(=O)O1. The van der Waals surface area contributed by atoms with Gasteiger partial charge >= 0.3 is 5.97 Å². The van der Waals surface area contributed by atoms with Gasteiger partial charge in [0.05, 0.1) is 6.10 Å². The molecular weight excluding hydrogens is 308 g/mol. The lowest BCUT2D eigenvalue weighted by atomic mass is 10.0. The van der Waals surface area contributed by atoms with E-state index in [0.29, 0.717) is 0 Å². The minimum Gasteiger partial charge on any atom is -0.460 e. The van der Waals surface area contributed by atoms with Crippen LogP contribution in [0.2, 0.25) is 18.1 Å². The summed E-state index contributed by atoms with van der Waals surface area (Å²) in [5.74, 6) is -0.572. The minimum atomic E-state index is -2.02. The average molecular weight is 341 g/mol. The van der Waals surface area contributed by atoms with Gasteiger partial charge in [0, 0.05) is 6.08 Å². The van der Waals surface area contributed by atoms with E-state index in [9.17, 15) is 9.59 Å². The van der Waals surface area contributed by atoms with E-state index < -0.39 is 20.4 Å². The maximum Gasteiger partial charge on any atom is 0.331 e. The first kappa shape index (κ1) is 20.1. The molecule has 0 saturated carbocycles. The lowest BCUT2D eigenvalue weighted by Gasteiger charge is -2.38. The lowest BCUT2D eigenvalue weighted by molar-refractivity contribution is -0.142. The highest BCUT2D eigenvalue weighted by molar-refractivity contribution is 6.74. The normalized spacial score (nSPS) is 26.9. The molecular formula is C18H32O4Si. The molecule has 0 aliphatic carbocycles. The van der Waals surface area contributed by atoms with Gasteiger partial charge in [0.2, 0.25) is 0 Å². The predicted molar refractivity (Wildman–Crippen MR) is 94.9 cm³/mol. The zero-order valence-corrected chi connectivity index (χ0v) is 16.5. The van der Waals surface area contributed by atoms with Gasteiger partial charge in [0.1, 0.15) is 6.10 Å². The summed E-state index contributed by atoms with van der Waals surface area (Å²) in [6, 6.07) is 0. The van der Waals surface area contributed by atoms with Gasteiger partial charge < -0.3 is 9.16 Å². The van der Waals surface area contributed by atoms with Crippen molar-refractivity contribution in [3.8, 4) is 0 Å². The Morgan fingerprint density at radius 3 is 2.30 bits per heavy atom. The van der Waals surface area contributed by atoms with Crippen LogP contribution in [0.5, 0.6) is 0 Å². The molecule has 0 bridgehead atoms. The fourth-order valence-corrected chi connectivity index (χ4v) is 3.58. The third-order valence-electron chi connectivity index (χ3n) is 4.84. The van der Waals surface area contributed by atoms with Crippen LogP contribution in [-0.2, 0) is 18.8 Å². The molecule has 0 amide bonds. The standard InChI is InChI=1S/C18H32O4Si/c1-14-10-8-7-9-11-16(15(19)12-13-17(20)21-14)22-23(5,6)18(2,3)4/h12-14,16H,7-11H2,1-6H3/b13-12+/t14-,16-/m1/s1. The van der Waals surface area contributed by atoms with Crippen LogP contribution in [-0.4, -0.2) is 32.3 Å². The summed E-state index contributed by atoms with van der Waals surface area (Å²) in [5, 5.41) is 0.0506. The van der Waals surface area contributed by atoms with Gasteiger partial charge in [0.15, 0.2) is 14.1 Å². The first-order valence-corrected chi connectivity index (χ1v) is 11.5. The van der Waals surface area contributed by atoms with Gasteiger partial charge in [-0.2, -0.15) is 0 Å². The van der Waals surface area contributed by atoms with Crippen LogP contribution in [0.15, 0.2) is 12.2 Å². The maximum atomic E-state index is 12.5. The molecule has 0 unspecified atom stereocenters. The topological polar surface area (TPSA) is 52.6 Å². The van der Waals surface area contributed by atoms with E-state index in [2.05, 4.69) is 33.9 Å². The van der Waals surface area contributed by atoms with Crippen LogP contribution in [0.4, 0.5) is 0 Å². The van der Waals surface area contributed by atoms with E-state index >= 15 is 0 Å². The van der Waals surface area contributed by atoms with Crippen molar-refractivity contribution in [2.45, 2.75) is 90.1 Å². The van der Waals surface area contributed by atoms with Crippen molar-refractivity contribution in [2.75, 3.05) is 0 Å². The van der Waals surface area contributed by atoms with Crippen molar-refractivity contribution in [1.82, 2.24) is 0 Å². The Balaban J connectivity index is 2.87. The molecule has 0 aromatic rings. The molecule has 0 aromatic heterocycles. The molecule has 1 heterocycles. The molecule has 132 valence electrons. The van der Waals surface area contributed by atoms with Crippen LogP contribution in [0.25, 0.3) is 0 Å². The zero-order valence-electron chi connectivity index (χ0n) is 15.5. The number of cyclic esters (lactones) is 1. The van der Waals surface area contributed by atoms with Gasteiger partial charge in [0.25, 0.3) is 0 Å². The number of hydrogen-bond acceptors (Lipinski definition) is 4. The van der Waals surface area contributed by atoms with Crippen LogP contribution in [0.1, 0.15) is 59.8 Å². The largest absolute Gasteiger partial charge is 0.460 e. The maximum absolute atomic E-state index is 12.5. The summed E-state index contributed by atoms with van der Waals surface area (Å²) in [5.41, 5.74) is 0. The quantitative estimate of drug-likeness (QED) is 0.552. The third-order valence-corrected chi connectivity index (χ3v) is 9.32. The van der Waals surface area contributed by atoms with Crippen molar-refractivity contribution in [3.05, 3.63) is 12.2 Å². The molecule has 0 spiro atoms. The lowest BCUT2D eigenvalue weighted by Crippen LogP contribution is -2.45. The van der Waals surface area contributed by atoms with E-state index in [1.807, 2.05) is 6.92 Å². The highest BCUT2D eigenvalue weighted by Crippen LogP contribution is 2.38. The molecule has 0 fully saturated rings. The van der Waals surface area contributed by atoms with Crippen molar-refractivity contribution < 1.29 is 18.8 Å². The summed E-state index contributed by atoms with van der Waals surface area (Å²) in [4.78, 5) is 24.2. The molecule has 5 heteroatoms. The Bertz CT molecular complexity index is 448. The highest BCUT2D eigenvalue weighted by atomic mass is 28.4. The summed E-state index contributed by atoms with van der Waals surface area (Å²) in [6.45, 7) is 12.7. The molecule has 23 heavy (non-hydrogen) atoms. The molecule has 0 radical (unpaired) electrons. The number of rotatable bonds is 2. The van der Waals surface area contributed by atoms with Crippen molar-refractivity contribution in [2.24, 2.45) is 0 Å². The molecule has 0 N–H and O–H groups in total. The summed E-state index contributed by atoms with van der Waals surface area (Å²) in [6.07, 6.45) is 6.59. The molecule has 0 saturated heterocycles. The van der Waals surface area contributed by atoms with Crippen LogP contribution in [0, 0.1) is 0 Å². The second-order valence-electron chi connectivity index (χ2n) is 7.99. The second-order valence-corrected chi connectivity index (χ2v) is 12.7. The summed E-state index contributed by atoms with van der Waals surface area (Å²) in [7, 11) is -2.02. The Kier molecular flexibility index (Phi) is 7.20. The van der Waals surface area contributed by atoms with E-state index in [-0.39, 0.29) is 16.9 Å². The number of ether oxygens (including phenoxy) is 1. The molecule has 4 nitrogen and oxygen atoms in total. The Labute approximate surface area is 141 Å². The number of carbonyl (C=O) groups excluding carboxylic acids is 2. The van der Waals surface area contributed by atoms with Crippen molar-refractivity contribution in [3.63, 3.8) is 0 Å². The number of hydrogen-bond donors (Lipinski definition) is 0. The predicted octanol–water partition coefficient (Wildman–Crippen LogP) is 4.40. The highest BCUT2D eigenvalue weighted by Gasteiger charge is 2.40. The van der Waals surface area contributed by atoms with Crippen LogP contribution >= 0.6 is 0 Å². The van der Waals surface area contributed by atoms with E-state index in [4.69, 9.17) is 9.16 Å². The number of carbonyl (C=O) groups is 2.